The molecule has 0 spiro atoms. The molecule has 0 amide bonds. The summed E-state index contributed by atoms with van der Waals surface area (Å²) in [4.78, 5) is 0. The van der Waals surface area contributed by atoms with Crippen molar-refractivity contribution in [3.8, 4) is 34.1 Å². The van der Waals surface area contributed by atoms with E-state index in [4.69, 9.17) is 9.47 Å². The van der Waals surface area contributed by atoms with Crippen molar-refractivity contribution in [2.45, 2.75) is 0 Å². The van der Waals surface area contributed by atoms with Crippen molar-refractivity contribution < 1.29 is 14.0 Å². The van der Waals surface area contributed by atoms with E-state index >= 15 is 4.57 Å². The number of benzene rings is 6. The molecule has 6 aromatic carbocycles. The summed E-state index contributed by atoms with van der Waals surface area (Å²) in [5, 5.41) is 6.45. The molecule has 0 saturated carbocycles. The van der Waals surface area contributed by atoms with Gasteiger partial charge in [-0.25, -0.2) is 0 Å². The van der Waals surface area contributed by atoms with E-state index in [1.165, 1.54) is 5.39 Å². The molecule has 6 aromatic rings. The number of hydrogen-bond donors (Lipinski definition) is 0. The Labute approximate surface area is 207 Å². The molecule has 0 N–H and O–H groups in total. The van der Waals surface area contributed by atoms with Gasteiger partial charge < -0.3 is 14.0 Å². The lowest BCUT2D eigenvalue weighted by molar-refractivity contribution is 0.464. The molecule has 170 valence electrons. The van der Waals surface area contributed by atoms with Crippen molar-refractivity contribution in [1.82, 2.24) is 0 Å². The van der Waals surface area contributed by atoms with Gasteiger partial charge in [0.1, 0.15) is 28.3 Å². The van der Waals surface area contributed by atoms with Gasteiger partial charge in [-0.1, -0.05) is 78.9 Å². The average molecular weight is 482 g/mol. The smallest absolute Gasteiger partial charge is 0.185 e. The molecule has 0 saturated heterocycles. The molecule has 1 unspecified atom stereocenters. The molecule has 0 aromatic heterocycles. The third-order valence-corrected chi connectivity index (χ3v) is 10.4. The van der Waals surface area contributed by atoms with Gasteiger partial charge in [-0.05, 0) is 63.7 Å². The molecule has 0 fully saturated rings. The first-order chi connectivity index (χ1) is 17.7. The number of ether oxygens (including phenoxy) is 2. The van der Waals surface area contributed by atoms with E-state index in [0.29, 0.717) is 28.3 Å². The summed E-state index contributed by atoms with van der Waals surface area (Å²) in [7, 11) is -3.22. The maximum atomic E-state index is 15.2. The zero-order chi connectivity index (χ0) is 23.9. The van der Waals surface area contributed by atoms with Gasteiger partial charge in [0.05, 0.1) is 10.6 Å². The second-order valence-electron chi connectivity index (χ2n) is 9.30. The van der Waals surface area contributed by atoms with E-state index in [9.17, 15) is 0 Å². The van der Waals surface area contributed by atoms with Crippen molar-refractivity contribution in [2.75, 3.05) is 0 Å². The molecule has 2 aliphatic rings. The molecule has 3 nitrogen and oxygen atoms in total. The van der Waals surface area contributed by atoms with Crippen LogP contribution in [-0.2, 0) is 4.57 Å². The Kier molecular flexibility index (Phi) is 3.93. The molecule has 2 heterocycles. The third kappa shape index (κ3) is 2.61. The maximum Gasteiger partial charge on any atom is 0.185 e. The van der Waals surface area contributed by atoms with Crippen LogP contribution in [0.15, 0.2) is 115 Å². The van der Waals surface area contributed by atoms with Gasteiger partial charge in [0, 0.05) is 5.39 Å². The summed E-state index contributed by atoms with van der Waals surface area (Å²) in [6.07, 6.45) is 0. The van der Waals surface area contributed by atoms with E-state index in [-0.39, 0.29) is 0 Å². The molecule has 0 radical (unpaired) electrons. The molecule has 2 aliphatic heterocycles. The summed E-state index contributed by atoms with van der Waals surface area (Å²) < 4.78 is 28.3. The number of para-hydroxylation sites is 1. The van der Waals surface area contributed by atoms with E-state index in [2.05, 4.69) is 36.4 Å². The highest BCUT2D eigenvalue weighted by Crippen LogP contribution is 2.59. The van der Waals surface area contributed by atoms with Gasteiger partial charge in [0.2, 0.25) is 0 Å². The van der Waals surface area contributed by atoms with E-state index in [1.807, 2.05) is 78.9 Å². The predicted octanol–water partition coefficient (Wildman–Crippen LogP) is 7.51. The lowest BCUT2D eigenvalue weighted by Gasteiger charge is -2.35. The van der Waals surface area contributed by atoms with Crippen molar-refractivity contribution in [2.24, 2.45) is 0 Å². The van der Waals surface area contributed by atoms with Crippen LogP contribution < -0.4 is 25.4 Å². The Balaban J connectivity index is 1.44. The van der Waals surface area contributed by atoms with E-state index < -0.39 is 7.14 Å². The lowest BCUT2D eigenvalue weighted by atomic mass is 10.0. The standard InChI is InChI=1S/C32H19O3P/c33-36-29-12-6-5-11-26(29)34-27-18-24(23-14-13-20-7-1-2-9-22(20)17-23)19-28(32(27)36)35-31-25-10-4-3-8-21(25)15-16-30(31)36/h1-19H. The van der Waals surface area contributed by atoms with Crippen LogP contribution in [0.2, 0.25) is 0 Å². The van der Waals surface area contributed by atoms with Gasteiger partial charge >= 0.3 is 0 Å². The maximum absolute atomic E-state index is 15.2. The Morgan fingerprint density at radius 1 is 0.500 bits per heavy atom. The SMILES string of the molecule is O=P12c3ccccc3Oc3cc(-c4ccc5ccccc5c4)cc(c31)Oc1c2ccc2ccccc12. The van der Waals surface area contributed by atoms with Crippen LogP contribution in [0.25, 0.3) is 32.7 Å². The highest BCUT2D eigenvalue weighted by molar-refractivity contribution is 7.86. The quantitative estimate of drug-likeness (QED) is 0.227. The second-order valence-corrected chi connectivity index (χ2v) is 11.9. The molecular weight excluding hydrogens is 463 g/mol. The minimum absolute atomic E-state index is 0.594. The Hall–Kier alpha value is -4.33. The van der Waals surface area contributed by atoms with Gasteiger partial charge in [-0.2, -0.15) is 0 Å². The van der Waals surface area contributed by atoms with Crippen molar-refractivity contribution in [3.05, 3.63) is 115 Å². The van der Waals surface area contributed by atoms with Crippen LogP contribution in [0.3, 0.4) is 0 Å². The molecule has 36 heavy (non-hydrogen) atoms. The van der Waals surface area contributed by atoms with Gasteiger partial charge in [0.25, 0.3) is 0 Å². The molecular formula is C32H19O3P. The Bertz CT molecular complexity index is 1940. The second kappa shape index (κ2) is 7.10. The normalized spacial score (nSPS) is 17.0. The highest BCUT2D eigenvalue weighted by Gasteiger charge is 2.46. The van der Waals surface area contributed by atoms with E-state index in [0.717, 1.165) is 37.9 Å². The van der Waals surface area contributed by atoms with Crippen LogP contribution in [-0.4, -0.2) is 0 Å². The van der Waals surface area contributed by atoms with Crippen molar-refractivity contribution in [3.63, 3.8) is 0 Å². The van der Waals surface area contributed by atoms with Gasteiger partial charge in [-0.15, -0.1) is 0 Å². The topological polar surface area (TPSA) is 35.5 Å². The largest absolute Gasteiger partial charge is 0.456 e. The first-order valence-electron chi connectivity index (χ1n) is 12.0. The minimum atomic E-state index is -3.22. The fourth-order valence-corrected chi connectivity index (χ4v) is 8.62. The van der Waals surface area contributed by atoms with Crippen LogP contribution in [0.1, 0.15) is 0 Å². The van der Waals surface area contributed by atoms with E-state index in [1.54, 1.807) is 0 Å². The third-order valence-electron chi connectivity index (χ3n) is 7.27. The van der Waals surface area contributed by atoms with Crippen LogP contribution in [0, 0.1) is 0 Å². The molecule has 1 atom stereocenters. The zero-order valence-electron chi connectivity index (χ0n) is 19.1. The van der Waals surface area contributed by atoms with Crippen LogP contribution >= 0.6 is 7.14 Å². The molecule has 0 aliphatic carbocycles. The lowest BCUT2D eigenvalue weighted by Crippen LogP contribution is -2.35. The van der Waals surface area contributed by atoms with Crippen LogP contribution in [0.5, 0.6) is 23.0 Å². The summed E-state index contributed by atoms with van der Waals surface area (Å²) in [5.41, 5.74) is 2.02. The summed E-state index contributed by atoms with van der Waals surface area (Å²) >= 11 is 0. The number of fused-ring (bicyclic) bond motifs is 7. The summed E-state index contributed by atoms with van der Waals surface area (Å²) in [6.45, 7) is 0. The zero-order valence-corrected chi connectivity index (χ0v) is 20.0. The number of hydrogen-bond acceptors (Lipinski definition) is 3. The first kappa shape index (κ1) is 19.9. The van der Waals surface area contributed by atoms with Gasteiger partial charge in [-0.3, -0.25) is 0 Å². The van der Waals surface area contributed by atoms with Crippen LogP contribution in [0.4, 0.5) is 0 Å². The fourth-order valence-electron chi connectivity index (χ4n) is 5.57. The molecule has 0 bridgehead atoms. The highest BCUT2D eigenvalue weighted by atomic mass is 31.2. The van der Waals surface area contributed by atoms with Crippen molar-refractivity contribution in [1.29, 1.82) is 0 Å². The monoisotopic (exact) mass is 482 g/mol. The number of rotatable bonds is 1. The summed E-state index contributed by atoms with van der Waals surface area (Å²) in [5.74, 6) is 2.49. The van der Waals surface area contributed by atoms with Gasteiger partial charge in [0.15, 0.2) is 7.14 Å². The minimum Gasteiger partial charge on any atom is -0.456 e. The average Bonchev–Trinajstić information content (AvgIpc) is 2.92. The Morgan fingerprint density at radius 2 is 1.19 bits per heavy atom. The van der Waals surface area contributed by atoms with Crippen molar-refractivity contribution >= 4 is 44.6 Å². The Morgan fingerprint density at radius 3 is 2.08 bits per heavy atom. The molecule has 4 heteroatoms. The summed E-state index contributed by atoms with van der Waals surface area (Å²) in [6, 6.07) is 38.5. The fraction of sp³-hybridized carbons (Fsp3) is 0. The predicted molar refractivity (Wildman–Crippen MR) is 146 cm³/mol. The first-order valence-corrected chi connectivity index (χ1v) is 13.7. The molecule has 8 rings (SSSR count).